The predicted octanol–water partition coefficient (Wildman–Crippen LogP) is 2.80. The number of benzene rings is 1. The van der Waals surface area contributed by atoms with Crippen LogP contribution in [-0.2, 0) is 9.31 Å². The highest BCUT2D eigenvalue weighted by atomic mass is 35.5. The van der Waals surface area contributed by atoms with Gasteiger partial charge in [0.1, 0.15) is 0 Å². The number of aromatic amines is 1. The number of nitrogens with one attached hydrogen (secondary N) is 1. The highest BCUT2D eigenvalue weighted by Crippen LogP contribution is 2.36. The average molecular weight is 307 g/mol. The molecule has 1 aliphatic rings. The topological polar surface area (TPSA) is 47.1 Å². The van der Waals surface area contributed by atoms with Crippen LogP contribution in [0.5, 0.6) is 0 Å². The highest BCUT2D eigenvalue weighted by Gasteiger charge is 2.51. The fourth-order valence-electron chi connectivity index (χ4n) is 2.22. The molecule has 21 heavy (non-hydrogen) atoms. The van der Waals surface area contributed by atoms with Crippen LogP contribution in [-0.4, -0.2) is 28.5 Å². The van der Waals surface area contributed by atoms with Gasteiger partial charge in [0.2, 0.25) is 0 Å². The highest BCUT2D eigenvalue weighted by molar-refractivity contribution is 6.62. The Morgan fingerprint density at radius 1 is 0.952 bits per heavy atom. The summed E-state index contributed by atoms with van der Waals surface area (Å²) in [4.78, 5) is 0. The minimum atomic E-state index is -0.307. The predicted molar refractivity (Wildman–Crippen MR) is 87.0 cm³/mol. The van der Waals surface area contributed by atoms with Gasteiger partial charge in [-0.3, -0.25) is 5.10 Å². The molecule has 0 aliphatic carbocycles. The number of hydrogen-bond acceptors (Lipinski definition) is 3. The van der Waals surface area contributed by atoms with Crippen molar-refractivity contribution in [2.24, 2.45) is 0 Å². The first-order chi connectivity index (χ1) is 9.39. The standard InChI is InChI=1S/C15H19BN2O2.ClH/c1-14(2)15(3,4)20-16(19-14)13-7-5-11(6-8-13)12-9-17-18-10-12;/h5-10H,1-4H3,(H,17,18);1H. The van der Waals surface area contributed by atoms with Crippen molar-refractivity contribution < 1.29 is 9.31 Å². The third-order valence-corrected chi connectivity index (χ3v) is 4.27. The molecule has 2 heterocycles. The van der Waals surface area contributed by atoms with E-state index in [1.165, 1.54) is 0 Å². The van der Waals surface area contributed by atoms with Crippen LogP contribution in [0.4, 0.5) is 0 Å². The lowest BCUT2D eigenvalue weighted by Crippen LogP contribution is -2.41. The lowest BCUT2D eigenvalue weighted by molar-refractivity contribution is 0.00578. The Labute approximate surface area is 131 Å². The maximum Gasteiger partial charge on any atom is 0.494 e. The molecule has 4 nitrogen and oxygen atoms in total. The van der Waals surface area contributed by atoms with Crippen LogP contribution in [0.25, 0.3) is 11.1 Å². The molecule has 1 aliphatic heterocycles. The fraction of sp³-hybridized carbons (Fsp3) is 0.400. The first-order valence-electron chi connectivity index (χ1n) is 6.84. The van der Waals surface area contributed by atoms with E-state index in [2.05, 4.69) is 50.0 Å². The lowest BCUT2D eigenvalue weighted by atomic mass is 9.78. The molecule has 1 N–H and O–H groups in total. The summed E-state index contributed by atoms with van der Waals surface area (Å²) in [6.45, 7) is 8.25. The first kappa shape index (κ1) is 16.1. The molecule has 1 fully saturated rings. The van der Waals surface area contributed by atoms with Crippen molar-refractivity contribution in [1.29, 1.82) is 0 Å². The molecule has 112 valence electrons. The van der Waals surface area contributed by atoms with Crippen LogP contribution < -0.4 is 5.46 Å². The van der Waals surface area contributed by atoms with Gasteiger partial charge < -0.3 is 9.31 Å². The van der Waals surface area contributed by atoms with Crippen molar-refractivity contribution in [2.75, 3.05) is 0 Å². The first-order valence-corrected chi connectivity index (χ1v) is 6.84. The zero-order chi connectivity index (χ0) is 14.4. The SMILES string of the molecule is CC1(C)OB(c2ccc(-c3cn[nH]c3)cc2)OC1(C)C.Cl. The maximum absolute atomic E-state index is 6.04. The molecule has 1 aromatic heterocycles. The number of nitrogens with zero attached hydrogens (tertiary/aromatic N) is 1. The van der Waals surface area contributed by atoms with E-state index in [0.29, 0.717) is 0 Å². The van der Waals surface area contributed by atoms with Gasteiger partial charge in [-0.25, -0.2) is 0 Å². The summed E-state index contributed by atoms with van der Waals surface area (Å²) in [7, 11) is -0.307. The Morgan fingerprint density at radius 2 is 1.52 bits per heavy atom. The molecule has 0 amide bonds. The second-order valence-corrected chi connectivity index (χ2v) is 6.20. The second-order valence-electron chi connectivity index (χ2n) is 6.20. The third-order valence-electron chi connectivity index (χ3n) is 4.27. The van der Waals surface area contributed by atoms with Gasteiger partial charge in [-0.2, -0.15) is 5.10 Å². The van der Waals surface area contributed by atoms with Crippen LogP contribution in [0, 0.1) is 0 Å². The van der Waals surface area contributed by atoms with E-state index < -0.39 is 0 Å². The van der Waals surface area contributed by atoms with Crippen LogP contribution in [0.15, 0.2) is 36.7 Å². The number of halogens is 1. The van der Waals surface area contributed by atoms with E-state index in [1.807, 2.05) is 24.5 Å². The molecule has 0 saturated carbocycles. The van der Waals surface area contributed by atoms with Gasteiger partial charge in [0.15, 0.2) is 0 Å². The van der Waals surface area contributed by atoms with E-state index in [-0.39, 0.29) is 30.7 Å². The Hall–Kier alpha value is -1.30. The Morgan fingerprint density at radius 3 is 2.00 bits per heavy atom. The van der Waals surface area contributed by atoms with Crippen LogP contribution >= 0.6 is 12.4 Å². The second kappa shape index (κ2) is 5.48. The Bertz CT molecular complexity index is 581. The lowest BCUT2D eigenvalue weighted by Gasteiger charge is -2.32. The molecule has 1 saturated heterocycles. The Balaban J connectivity index is 0.00000161. The maximum atomic E-state index is 6.04. The molecule has 3 rings (SSSR count). The molecule has 0 unspecified atom stereocenters. The van der Waals surface area contributed by atoms with Crippen LogP contribution in [0.2, 0.25) is 0 Å². The molecule has 6 heteroatoms. The van der Waals surface area contributed by atoms with Crippen LogP contribution in [0.3, 0.4) is 0 Å². The summed E-state index contributed by atoms with van der Waals surface area (Å²) in [5.74, 6) is 0. The smallest absolute Gasteiger partial charge is 0.399 e. The molecular formula is C15H20BClN2O2. The van der Waals surface area contributed by atoms with E-state index in [9.17, 15) is 0 Å². The van der Waals surface area contributed by atoms with Crippen molar-refractivity contribution in [3.05, 3.63) is 36.7 Å². The summed E-state index contributed by atoms with van der Waals surface area (Å²) in [6.07, 6.45) is 3.69. The van der Waals surface area contributed by atoms with Gasteiger partial charge in [-0.05, 0) is 38.7 Å². The zero-order valence-electron chi connectivity index (χ0n) is 12.7. The largest absolute Gasteiger partial charge is 0.494 e. The van der Waals surface area contributed by atoms with Gasteiger partial charge in [0.25, 0.3) is 0 Å². The minimum Gasteiger partial charge on any atom is -0.399 e. The summed E-state index contributed by atoms with van der Waals surface area (Å²) in [6, 6.07) is 8.21. The summed E-state index contributed by atoms with van der Waals surface area (Å²) >= 11 is 0. The van der Waals surface area contributed by atoms with Gasteiger partial charge in [0, 0.05) is 11.8 Å². The monoisotopic (exact) mass is 306 g/mol. The molecular weight excluding hydrogens is 286 g/mol. The molecule has 0 radical (unpaired) electrons. The minimum absolute atomic E-state index is 0. The number of H-pyrrole nitrogens is 1. The summed E-state index contributed by atoms with van der Waals surface area (Å²) in [5.41, 5.74) is 2.63. The van der Waals surface area contributed by atoms with E-state index >= 15 is 0 Å². The molecule has 0 bridgehead atoms. The molecule has 1 aromatic carbocycles. The van der Waals surface area contributed by atoms with Crippen molar-refractivity contribution >= 4 is 25.0 Å². The fourth-order valence-corrected chi connectivity index (χ4v) is 2.22. The average Bonchev–Trinajstić information content (AvgIpc) is 2.97. The van der Waals surface area contributed by atoms with Gasteiger partial charge >= 0.3 is 7.12 Å². The number of hydrogen-bond donors (Lipinski definition) is 1. The molecule has 0 atom stereocenters. The van der Waals surface area contributed by atoms with Crippen molar-refractivity contribution in [3.63, 3.8) is 0 Å². The van der Waals surface area contributed by atoms with Crippen molar-refractivity contribution in [3.8, 4) is 11.1 Å². The zero-order valence-corrected chi connectivity index (χ0v) is 13.5. The number of rotatable bonds is 2. The third kappa shape index (κ3) is 2.86. The van der Waals surface area contributed by atoms with Crippen molar-refractivity contribution in [1.82, 2.24) is 10.2 Å². The van der Waals surface area contributed by atoms with Crippen molar-refractivity contribution in [2.45, 2.75) is 38.9 Å². The van der Waals surface area contributed by atoms with E-state index in [4.69, 9.17) is 9.31 Å². The normalized spacial score (nSPS) is 19.3. The summed E-state index contributed by atoms with van der Waals surface area (Å²) < 4.78 is 12.1. The Kier molecular flexibility index (Phi) is 4.20. The van der Waals surface area contributed by atoms with Gasteiger partial charge in [-0.1, -0.05) is 24.3 Å². The number of aromatic nitrogens is 2. The van der Waals surface area contributed by atoms with E-state index in [1.54, 1.807) is 0 Å². The van der Waals surface area contributed by atoms with Crippen LogP contribution in [0.1, 0.15) is 27.7 Å². The van der Waals surface area contributed by atoms with Gasteiger partial charge in [-0.15, -0.1) is 12.4 Å². The molecule has 0 spiro atoms. The van der Waals surface area contributed by atoms with E-state index in [0.717, 1.165) is 16.6 Å². The summed E-state index contributed by atoms with van der Waals surface area (Å²) in [5, 5.41) is 6.78. The quantitative estimate of drug-likeness (QED) is 0.868. The van der Waals surface area contributed by atoms with Gasteiger partial charge in [0.05, 0.1) is 17.4 Å². The molecule has 2 aromatic rings.